The standard InChI is InChI=1S/C9H14BrN3O2S/c1-2-13-5-8(11-7-13)16(14,15)12-9(6-10)3-4-9/h5,7,12H,2-4,6H2,1H3. The highest BCUT2D eigenvalue weighted by Crippen LogP contribution is 2.38. The van der Waals surface area contributed by atoms with E-state index in [1.54, 1.807) is 10.8 Å². The van der Waals surface area contributed by atoms with E-state index in [0.29, 0.717) is 11.9 Å². The van der Waals surface area contributed by atoms with E-state index < -0.39 is 10.0 Å². The van der Waals surface area contributed by atoms with Crippen LogP contribution >= 0.6 is 15.9 Å². The van der Waals surface area contributed by atoms with Crippen molar-refractivity contribution in [2.24, 2.45) is 0 Å². The van der Waals surface area contributed by atoms with Crippen molar-refractivity contribution < 1.29 is 8.42 Å². The van der Waals surface area contributed by atoms with Crippen molar-refractivity contribution in [2.45, 2.75) is 36.9 Å². The third-order valence-electron chi connectivity index (χ3n) is 2.71. The van der Waals surface area contributed by atoms with Crippen molar-refractivity contribution in [3.8, 4) is 0 Å². The summed E-state index contributed by atoms with van der Waals surface area (Å²) in [5.74, 6) is 0. The molecule has 1 heterocycles. The van der Waals surface area contributed by atoms with Crippen molar-refractivity contribution in [3.05, 3.63) is 12.5 Å². The number of hydrogen-bond donors (Lipinski definition) is 1. The van der Waals surface area contributed by atoms with E-state index in [1.807, 2.05) is 6.92 Å². The molecule has 1 aromatic rings. The molecule has 1 aliphatic carbocycles. The topological polar surface area (TPSA) is 64.0 Å². The number of nitrogens with zero attached hydrogens (tertiary/aromatic N) is 2. The minimum absolute atomic E-state index is 0.0987. The molecule has 1 aromatic heterocycles. The van der Waals surface area contributed by atoms with Crippen LogP contribution in [-0.2, 0) is 16.6 Å². The Morgan fingerprint density at radius 3 is 2.75 bits per heavy atom. The molecule has 5 nitrogen and oxygen atoms in total. The fourth-order valence-corrected chi connectivity index (χ4v) is 3.70. The Bertz CT molecular complexity index is 479. The Kier molecular flexibility index (Phi) is 3.11. The maximum atomic E-state index is 12.0. The fourth-order valence-electron chi connectivity index (χ4n) is 1.40. The lowest BCUT2D eigenvalue weighted by Crippen LogP contribution is -2.38. The van der Waals surface area contributed by atoms with Crippen molar-refractivity contribution in [3.63, 3.8) is 0 Å². The van der Waals surface area contributed by atoms with Gasteiger partial charge in [-0.05, 0) is 19.8 Å². The summed E-state index contributed by atoms with van der Waals surface area (Å²) in [7, 11) is -3.47. The van der Waals surface area contributed by atoms with E-state index in [1.165, 1.54) is 6.33 Å². The molecule has 0 atom stereocenters. The molecule has 0 saturated heterocycles. The van der Waals surface area contributed by atoms with Crippen molar-refractivity contribution in [1.82, 2.24) is 14.3 Å². The van der Waals surface area contributed by atoms with Gasteiger partial charge < -0.3 is 4.57 Å². The van der Waals surface area contributed by atoms with Crippen molar-refractivity contribution in [1.29, 1.82) is 0 Å². The molecule has 0 spiro atoms. The van der Waals surface area contributed by atoms with Gasteiger partial charge >= 0.3 is 0 Å². The first-order chi connectivity index (χ1) is 7.51. The molecular formula is C9H14BrN3O2S. The van der Waals surface area contributed by atoms with Crippen LogP contribution in [0, 0.1) is 0 Å². The Hall–Kier alpha value is -0.400. The molecule has 1 fully saturated rings. The first kappa shape index (κ1) is 12.1. The van der Waals surface area contributed by atoms with Crippen LogP contribution in [0.1, 0.15) is 19.8 Å². The molecule has 0 amide bonds. The molecule has 7 heteroatoms. The highest BCUT2D eigenvalue weighted by molar-refractivity contribution is 9.09. The Morgan fingerprint density at radius 1 is 1.62 bits per heavy atom. The second kappa shape index (κ2) is 4.12. The summed E-state index contributed by atoms with van der Waals surface area (Å²) in [6.45, 7) is 2.65. The Balaban J connectivity index is 2.19. The van der Waals surface area contributed by atoms with Gasteiger partial charge in [0, 0.05) is 23.6 Å². The number of rotatable bonds is 5. The van der Waals surface area contributed by atoms with E-state index in [9.17, 15) is 8.42 Å². The van der Waals surface area contributed by atoms with Crippen molar-refractivity contribution in [2.75, 3.05) is 5.33 Å². The number of alkyl halides is 1. The predicted molar refractivity (Wildman–Crippen MR) is 64.0 cm³/mol. The average Bonchev–Trinajstić information content (AvgIpc) is 2.82. The molecule has 1 saturated carbocycles. The molecule has 0 radical (unpaired) electrons. The number of imidazole rings is 1. The largest absolute Gasteiger partial charge is 0.336 e. The third-order valence-corrected chi connectivity index (χ3v) is 5.25. The minimum atomic E-state index is -3.47. The third kappa shape index (κ3) is 2.31. The zero-order valence-corrected chi connectivity index (χ0v) is 11.4. The lowest BCUT2D eigenvalue weighted by Gasteiger charge is -2.12. The van der Waals surface area contributed by atoms with Gasteiger partial charge in [0.05, 0.1) is 6.33 Å². The van der Waals surface area contributed by atoms with Gasteiger partial charge in [-0.3, -0.25) is 0 Å². The smallest absolute Gasteiger partial charge is 0.260 e. The van der Waals surface area contributed by atoms with Gasteiger partial charge in [0.15, 0.2) is 5.03 Å². The molecule has 1 aliphatic rings. The summed E-state index contributed by atoms with van der Waals surface area (Å²) in [5.41, 5.74) is -0.283. The molecule has 16 heavy (non-hydrogen) atoms. The van der Waals surface area contributed by atoms with Crippen LogP contribution in [0.3, 0.4) is 0 Å². The zero-order chi connectivity index (χ0) is 11.8. The summed E-state index contributed by atoms with van der Waals surface area (Å²) in [6, 6.07) is 0. The van der Waals surface area contributed by atoms with Gasteiger partial charge in [0.1, 0.15) is 0 Å². The molecule has 0 aromatic carbocycles. The predicted octanol–water partition coefficient (Wildman–Crippen LogP) is 1.11. The van der Waals surface area contributed by atoms with Crippen LogP contribution in [0.25, 0.3) is 0 Å². The van der Waals surface area contributed by atoms with Gasteiger partial charge in [-0.25, -0.2) is 18.1 Å². The maximum Gasteiger partial charge on any atom is 0.260 e. The summed E-state index contributed by atoms with van der Waals surface area (Å²) in [6.07, 6.45) is 4.84. The average molecular weight is 308 g/mol. The number of nitrogens with one attached hydrogen (secondary N) is 1. The quantitative estimate of drug-likeness (QED) is 0.829. The molecule has 90 valence electrons. The van der Waals surface area contributed by atoms with E-state index in [4.69, 9.17) is 0 Å². The van der Waals surface area contributed by atoms with Gasteiger partial charge in [0.25, 0.3) is 10.0 Å². The van der Waals surface area contributed by atoms with Crippen LogP contribution in [-0.4, -0.2) is 28.8 Å². The SMILES string of the molecule is CCn1cnc(S(=O)(=O)NC2(CBr)CC2)c1. The van der Waals surface area contributed by atoms with Gasteiger partial charge in [-0.2, -0.15) is 0 Å². The molecular weight excluding hydrogens is 294 g/mol. The summed E-state index contributed by atoms with van der Waals surface area (Å²) < 4.78 is 28.4. The number of halogens is 1. The highest BCUT2D eigenvalue weighted by atomic mass is 79.9. The molecule has 0 aliphatic heterocycles. The van der Waals surface area contributed by atoms with Crippen LogP contribution in [0.2, 0.25) is 0 Å². The lowest BCUT2D eigenvalue weighted by molar-refractivity contribution is 0.557. The second-order valence-corrected chi connectivity index (χ2v) is 6.25. The Morgan fingerprint density at radius 2 is 2.31 bits per heavy atom. The number of aromatic nitrogens is 2. The summed E-state index contributed by atoms with van der Waals surface area (Å²) in [4.78, 5) is 3.90. The monoisotopic (exact) mass is 307 g/mol. The fraction of sp³-hybridized carbons (Fsp3) is 0.667. The van der Waals surface area contributed by atoms with E-state index in [-0.39, 0.29) is 10.6 Å². The van der Waals surface area contributed by atoms with Crippen LogP contribution < -0.4 is 4.72 Å². The summed E-state index contributed by atoms with van der Waals surface area (Å²) in [5, 5.41) is 0.745. The van der Waals surface area contributed by atoms with Gasteiger partial charge in [0.2, 0.25) is 0 Å². The highest BCUT2D eigenvalue weighted by Gasteiger charge is 2.45. The normalized spacial score (nSPS) is 18.6. The van der Waals surface area contributed by atoms with E-state index >= 15 is 0 Å². The minimum Gasteiger partial charge on any atom is -0.336 e. The van der Waals surface area contributed by atoms with Crippen LogP contribution in [0.5, 0.6) is 0 Å². The zero-order valence-electron chi connectivity index (χ0n) is 8.98. The molecule has 2 rings (SSSR count). The molecule has 1 N–H and O–H groups in total. The van der Waals surface area contributed by atoms with Crippen molar-refractivity contribution >= 4 is 26.0 Å². The van der Waals surface area contributed by atoms with E-state index in [0.717, 1.165) is 12.8 Å². The lowest BCUT2D eigenvalue weighted by atomic mass is 10.4. The van der Waals surface area contributed by atoms with Gasteiger partial charge in [-0.1, -0.05) is 15.9 Å². The van der Waals surface area contributed by atoms with Crippen LogP contribution in [0.4, 0.5) is 0 Å². The Labute approximate surface area is 103 Å². The molecule has 0 bridgehead atoms. The number of hydrogen-bond acceptors (Lipinski definition) is 3. The number of aryl methyl sites for hydroxylation is 1. The molecule has 0 unspecified atom stereocenters. The summed E-state index contributed by atoms with van der Waals surface area (Å²) >= 11 is 3.32. The number of sulfonamides is 1. The first-order valence-electron chi connectivity index (χ1n) is 5.13. The maximum absolute atomic E-state index is 12.0. The first-order valence-corrected chi connectivity index (χ1v) is 7.73. The van der Waals surface area contributed by atoms with Gasteiger partial charge in [-0.15, -0.1) is 0 Å². The second-order valence-electron chi connectivity index (χ2n) is 4.06. The van der Waals surface area contributed by atoms with Crippen LogP contribution in [0.15, 0.2) is 17.6 Å². The van der Waals surface area contributed by atoms with E-state index in [2.05, 4.69) is 25.6 Å².